The van der Waals surface area contributed by atoms with Crippen molar-refractivity contribution in [2.45, 2.75) is 51.7 Å². The minimum atomic E-state index is -0.443. The highest BCUT2D eigenvalue weighted by Crippen LogP contribution is 2.15. The number of hydrogen-bond acceptors (Lipinski definition) is 5. The van der Waals surface area contributed by atoms with Gasteiger partial charge in [-0.25, -0.2) is 4.79 Å². The van der Waals surface area contributed by atoms with Crippen molar-refractivity contribution in [1.82, 2.24) is 10.2 Å². The summed E-state index contributed by atoms with van der Waals surface area (Å²) in [5.74, 6) is 0. The molecule has 21 heavy (non-hydrogen) atoms. The maximum Gasteiger partial charge on any atom is 0.410 e. The number of ether oxygens (including phenoxy) is 2. The first-order valence-corrected chi connectivity index (χ1v) is 7.82. The van der Waals surface area contributed by atoms with Gasteiger partial charge in [0.05, 0.1) is 13.2 Å². The normalized spacial score (nSPS) is 19.6. The van der Waals surface area contributed by atoms with E-state index in [9.17, 15) is 4.79 Å². The lowest BCUT2D eigenvalue weighted by Crippen LogP contribution is -2.49. The first kappa shape index (κ1) is 18.2. The van der Waals surface area contributed by atoms with Gasteiger partial charge >= 0.3 is 6.09 Å². The van der Waals surface area contributed by atoms with Crippen molar-refractivity contribution in [3.8, 4) is 0 Å². The lowest BCUT2D eigenvalue weighted by Gasteiger charge is -2.34. The summed E-state index contributed by atoms with van der Waals surface area (Å²) in [7, 11) is 0. The summed E-state index contributed by atoms with van der Waals surface area (Å²) in [4.78, 5) is 13.8. The third-order valence-corrected chi connectivity index (χ3v) is 3.21. The third-order valence-electron chi connectivity index (χ3n) is 3.21. The van der Waals surface area contributed by atoms with Crippen molar-refractivity contribution in [3.63, 3.8) is 0 Å². The minimum Gasteiger partial charge on any atom is -0.444 e. The van der Waals surface area contributed by atoms with E-state index in [2.05, 4.69) is 5.32 Å². The molecule has 1 unspecified atom stereocenters. The molecular weight excluding hydrogens is 272 g/mol. The molecule has 0 saturated carbocycles. The fourth-order valence-corrected chi connectivity index (χ4v) is 2.28. The molecule has 0 aromatic heterocycles. The summed E-state index contributed by atoms with van der Waals surface area (Å²) >= 11 is 0. The maximum atomic E-state index is 12.0. The van der Waals surface area contributed by atoms with Crippen LogP contribution in [0.25, 0.3) is 0 Å². The summed E-state index contributed by atoms with van der Waals surface area (Å²) in [6.45, 7) is 9.11. The molecule has 0 spiro atoms. The van der Waals surface area contributed by atoms with Gasteiger partial charge in [0.25, 0.3) is 0 Å². The summed E-state index contributed by atoms with van der Waals surface area (Å²) in [5, 5.41) is 12.1. The Bertz CT molecular complexity index is 305. The molecule has 1 atom stereocenters. The van der Waals surface area contributed by atoms with E-state index in [1.807, 2.05) is 20.8 Å². The summed E-state index contributed by atoms with van der Waals surface area (Å²) < 4.78 is 10.6. The predicted octanol–water partition coefficient (Wildman–Crippen LogP) is 1.37. The highest BCUT2D eigenvalue weighted by Gasteiger charge is 2.27. The molecule has 1 amide bonds. The van der Waals surface area contributed by atoms with E-state index in [0.29, 0.717) is 25.8 Å². The van der Waals surface area contributed by atoms with E-state index >= 15 is 0 Å². The molecule has 1 saturated heterocycles. The van der Waals surface area contributed by atoms with Gasteiger partial charge in [0.2, 0.25) is 0 Å². The third kappa shape index (κ3) is 8.24. The zero-order chi connectivity index (χ0) is 15.7. The molecule has 1 aliphatic heterocycles. The van der Waals surface area contributed by atoms with Crippen LogP contribution in [0, 0.1) is 0 Å². The number of rotatable bonds is 7. The molecule has 1 aliphatic rings. The number of aliphatic hydroxyl groups is 1. The molecule has 1 heterocycles. The highest BCUT2D eigenvalue weighted by atomic mass is 16.6. The van der Waals surface area contributed by atoms with Crippen molar-refractivity contribution in [3.05, 3.63) is 0 Å². The second-order valence-electron chi connectivity index (χ2n) is 6.41. The minimum absolute atomic E-state index is 0.0703. The van der Waals surface area contributed by atoms with E-state index in [-0.39, 0.29) is 12.7 Å². The van der Waals surface area contributed by atoms with Crippen LogP contribution in [-0.4, -0.2) is 67.2 Å². The van der Waals surface area contributed by atoms with Gasteiger partial charge in [0, 0.05) is 25.7 Å². The first-order chi connectivity index (χ1) is 9.92. The number of hydrogen-bond donors (Lipinski definition) is 2. The zero-order valence-corrected chi connectivity index (χ0v) is 13.6. The fourth-order valence-electron chi connectivity index (χ4n) is 2.28. The van der Waals surface area contributed by atoms with Crippen LogP contribution >= 0.6 is 0 Å². The molecule has 0 aromatic rings. The van der Waals surface area contributed by atoms with Crippen molar-refractivity contribution in [1.29, 1.82) is 0 Å². The SMILES string of the molecule is CC(C)(C)OC(=O)N1CCCC(NCCCOCCO)C1. The molecule has 6 heteroatoms. The van der Waals surface area contributed by atoms with Crippen LogP contribution in [-0.2, 0) is 9.47 Å². The second-order valence-corrected chi connectivity index (χ2v) is 6.41. The molecule has 0 aliphatic carbocycles. The lowest BCUT2D eigenvalue weighted by atomic mass is 10.1. The molecule has 6 nitrogen and oxygen atoms in total. The van der Waals surface area contributed by atoms with Crippen LogP contribution in [0.2, 0.25) is 0 Å². The Hall–Kier alpha value is -0.850. The molecule has 0 bridgehead atoms. The number of carbonyl (C=O) groups excluding carboxylic acids is 1. The van der Waals surface area contributed by atoms with Crippen molar-refractivity contribution >= 4 is 6.09 Å². The van der Waals surface area contributed by atoms with Crippen LogP contribution in [0.5, 0.6) is 0 Å². The fraction of sp³-hybridized carbons (Fsp3) is 0.933. The van der Waals surface area contributed by atoms with Crippen molar-refractivity contribution < 1.29 is 19.4 Å². The monoisotopic (exact) mass is 302 g/mol. The Morgan fingerprint density at radius 3 is 2.81 bits per heavy atom. The lowest BCUT2D eigenvalue weighted by molar-refractivity contribution is 0.0186. The first-order valence-electron chi connectivity index (χ1n) is 7.82. The van der Waals surface area contributed by atoms with E-state index < -0.39 is 5.60 Å². The van der Waals surface area contributed by atoms with Crippen molar-refractivity contribution in [2.24, 2.45) is 0 Å². The van der Waals surface area contributed by atoms with Crippen LogP contribution < -0.4 is 5.32 Å². The second kappa shape index (κ2) is 9.23. The quantitative estimate of drug-likeness (QED) is 0.695. The predicted molar refractivity (Wildman–Crippen MR) is 81.4 cm³/mol. The number of aliphatic hydroxyl groups excluding tert-OH is 1. The summed E-state index contributed by atoms with van der Waals surface area (Å²) in [6, 6.07) is 0.323. The molecule has 124 valence electrons. The standard InChI is InChI=1S/C15H30N2O4/c1-15(2,3)21-14(19)17-8-4-6-13(12-17)16-7-5-10-20-11-9-18/h13,16,18H,4-12H2,1-3H3. The average molecular weight is 302 g/mol. The van der Waals surface area contributed by atoms with E-state index in [1.165, 1.54) is 0 Å². The van der Waals surface area contributed by atoms with E-state index in [4.69, 9.17) is 14.6 Å². The number of piperidine rings is 1. The molecule has 1 fully saturated rings. The van der Waals surface area contributed by atoms with Gasteiger partial charge in [-0.05, 0) is 46.6 Å². The average Bonchev–Trinajstić information content (AvgIpc) is 2.41. The van der Waals surface area contributed by atoms with Crippen LogP contribution in [0.3, 0.4) is 0 Å². The zero-order valence-electron chi connectivity index (χ0n) is 13.6. The molecule has 2 N–H and O–H groups in total. The molecule has 0 aromatic carbocycles. The smallest absolute Gasteiger partial charge is 0.410 e. The van der Waals surface area contributed by atoms with Gasteiger partial charge in [-0.1, -0.05) is 0 Å². The Balaban J connectivity index is 2.21. The Morgan fingerprint density at radius 1 is 1.38 bits per heavy atom. The van der Waals surface area contributed by atoms with Gasteiger partial charge in [0.1, 0.15) is 5.60 Å². The Kier molecular flexibility index (Phi) is 8.00. The number of carbonyl (C=O) groups is 1. The Morgan fingerprint density at radius 2 is 2.14 bits per heavy atom. The number of nitrogens with zero attached hydrogens (tertiary/aromatic N) is 1. The van der Waals surface area contributed by atoms with Gasteiger partial charge in [-0.2, -0.15) is 0 Å². The van der Waals surface area contributed by atoms with Crippen molar-refractivity contribution in [2.75, 3.05) is 39.5 Å². The van der Waals surface area contributed by atoms with Crippen LogP contribution in [0.4, 0.5) is 4.79 Å². The largest absolute Gasteiger partial charge is 0.444 e. The van der Waals surface area contributed by atoms with Gasteiger partial charge in [-0.15, -0.1) is 0 Å². The number of nitrogens with one attached hydrogen (secondary N) is 1. The number of amides is 1. The van der Waals surface area contributed by atoms with Gasteiger partial charge < -0.3 is 24.8 Å². The van der Waals surface area contributed by atoms with E-state index in [1.54, 1.807) is 4.90 Å². The molecule has 1 rings (SSSR count). The molecule has 0 radical (unpaired) electrons. The van der Waals surface area contributed by atoms with Gasteiger partial charge in [-0.3, -0.25) is 0 Å². The maximum absolute atomic E-state index is 12.0. The topological polar surface area (TPSA) is 71.0 Å². The van der Waals surface area contributed by atoms with E-state index in [0.717, 1.165) is 32.4 Å². The highest BCUT2D eigenvalue weighted by molar-refractivity contribution is 5.68. The number of likely N-dealkylation sites (tertiary alicyclic amines) is 1. The van der Waals surface area contributed by atoms with Crippen LogP contribution in [0.15, 0.2) is 0 Å². The Labute approximate surface area is 127 Å². The van der Waals surface area contributed by atoms with Crippen LogP contribution in [0.1, 0.15) is 40.0 Å². The van der Waals surface area contributed by atoms with Gasteiger partial charge in [0.15, 0.2) is 0 Å². The summed E-state index contributed by atoms with van der Waals surface area (Å²) in [6.07, 6.45) is 2.76. The molecular formula is C15H30N2O4. The summed E-state index contributed by atoms with van der Waals surface area (Å²) in [5.41, 5.74) is -0.443.